The number of benzene rings is 2. The summed E-state index contributed by atoms with van der Waals surface area (Å²) in [6, 6.07) is 13.3. The number of carboxylic acids is 1. The second kappa shape index (κ2) is 9.43. The van der Waals surface area contributed by atoms with Gasteiger partial charge < -0.3 is 14.6 Å². The van der Waals surface area contributed by atoms with E-state index in [1.54, 1.807) is 0 Å². The van der Waals surface area contributed by atoms with Crippen LogP contribution in [0.25, 0.3) is 0 Å². The Hall–Kier alpha value is -2.05. The van der Waals surface area contributed by atoms with Gasteiger partial charge in [-0.3, -0.25) is 9.69 Å². The second-order valence-electron chi connectivity index (χ2n) is 6.76. The molecule has 2 aromatic carbocycles. The van der Waals surface area contributed by atoms with Gasteiger partial charge in [-0.05, 0) is 62.1 Å². The number of hydrogen-bond donors (Lipinski definition) is 1. The first kappa shape index (κ1) is 20.7. The van der Waals surface area contributed by atoms with Gasteiger partial charge in [0.2, 0.25) is 0 Å². The molecule has 1 heterocycles. The van der Waals surface area contributed by atoms with E-state index in [0.717, 1.165) is 28.6 Å². The van der Waals surface area contributed by atoms with Crippen LogP contribution in [0.15, 0.2) is 46.9 Å². The number of carbonyl (C=O) groups is 1. The van der Waals surface area contributed by atoms with Crippen LogP contribution in [0, 0.1) is 0 Å². The van der Waals surface area contributed by atoms with Gasteiger partial charge in [-0.15, -0.1) is 0 Å². The lowest BCUT2D eigenvalue weighted by Gasteiger charge is -2.32. The van der Waals surface area contributed by atoms with Crippen molar-refractivity contribution in [3.8, 4) is 11.5 Å². The Labute approximate surface area is 174 Å². The molecule has 2 unspecified atom stereocenters. The van der Waals surface area contributed by atoms with Gasteiger partial charge in [0.1, 0.15) is 6.04 Å². The highest BCUT2D eigenvalue weighted by Crippen LogP contribution is 2.39. The normalized spacial score (nSPS) is 18.0. The third-order valence-corrected chi connectivity index (χ3v) is 5.45. The molecule has 1 aliphatic heterocycles. The highest BCUT2D eigenvalue weighted by Gasteiger charge is 2.37. The van der Waals surface area contributed by atoms with Gasteiger partial charge >= 0.3 is 5.97 Å². The molecule has 0 amide bonds. The van der Waals surface area contributed by atoms with Crippen molar-refractivity contribution in [3.05, 3.63) is 58.1 Å². The Bertz CT molecular complexity index is 826. The summed E-state index contributed by atoms with van der Waals surface area (Å²) in [4.78, 5) is 13.9. The van der Waals surface area contributed by atoms with Crippen LogP contribution in [-0.2, 0) is 4.79 Å². The zero-order valence-electron chi connectivity index (χ0n) is 16.2. The van der Waals surface area contributed by atoms with Crippen LogP contribution in [0.5, 0.6) is 11.5 Å². The van der Waals surface area contributed by atoms with Gasteiger partial charge in [-0.25, -0.2) is 0 Å². The van der Waals surface area contributed by atoms with Crippen LogP contribution in [0.2, 0.25) is 0 Å². The van der Waals surface area contributed by atoms with Crippen molar-refractivity contribution in [1.29, 1.82) is 0 Å². The molecule has 0 bridgehead atoms. The van der Waals surface area contributed by atoms with E-state index in [2.05, 4.69) is 26.9 Å². The van der Waals surface area contributed by atoms with Gasteiger partial charge in [0.05, 0.1) is 19.3 Å². The lowest BCUT2D eigenvalue weighted by Crippen LogP contribution is -2.39. The first-order chi connectivity index (χ1) is 13.5. The van der Waals surface area contributed by atoms with Crippen LogP contribution in [0.4, 0.5) is 0 Å². The number of carboxylic acid groups (broad SMARTS) is 1. The van der Waals surface area contributed by atoms with E-state index in [0.29, 0.717) is 31.1 Å². The van der Waals surface area contributed by atoms with Gasteiger partial charge in [-0.1, -0.05) is 34.1 Å². The Morgan fingerprint density at radius 1 is 1.14 bits per heavy atom. The van der Waals surface area contributed by atoms with E-state index in [9.17, 15) is 9.90 Å². The smallest absolute Gasteiger partial charge is 0.320 e. The van der Waals surface area contributed by atoms with Gasteiger partial charge in [-0.2, -0.15) is 0 Å². The summed E-state index contributed by atoms with van der Waals surface area (Å²) in [6.07, 6.45) is 1.53. The average molecular weight is 448 g/mol. The van der Waals surface area contributed by atoms with Crippen molar-refractivity contribution in [2.24, 2.45) is 0 Å². The molecule has 0 spiro atoms. The zero-order valence-corrected chi connectivity index (χ0v) is 17.8. The molecule has 0 saturated carbocycles. The minimum absolute atomic E-state index is 0.170. The summed E-state index contributed by atoms with van der Waals surface area (Å²) in [5.41, 5.74) is 2.05. The average Bonchev–Trinajstić information content (AvgIpc) is 3.14. The van der Waals surface area contributed by atoms with Crippen LogP contribution in [0.1, 0.15) is 43.9 Å². The third kappa shape index (κ3) is 4.50. The Kier molecular flexibility index (Phi) is 6.97. The summed E-state index contributed by atoms with van der Waals surface area (Å²) in [5, 5.41) is 9.74. The summed E-state index contributed by atoms with van der Waals surface area (Å²) in [5.74, 6) is 0.624. The molecule has 1 aliphatic rings. The van der Waals surface area contributed by atoms with Crippen LogP contribution >= 0.6 is 15.9 Å². The molecule has 28 heavy (non-hydrogen) atoms. The van der Waals surface area contributed by atoms with Crippen LogP contribution < -0.4 is 9.47 Å². The topological polar surface area (TPSA) is 59.0 Å². The van der Waals surface area contributed by atoms with Crippen molar-refractivity contribution in [3.63, 3.8) is 0 Å². The fraction of sp³-hybridized carbons (Fsp3) is 0.409. The minimum atomic E-state index is -0.770. The van der Waals surface area contributed by atoms with E-state index in [1.165, 1.54) is 0 Å². The largest absolute Gasteiger partial charge is 0.490 e. The Balaban J connectivity index is 2.08. The molecule has 1 N–H and O–H groups in total. The summed E-state index contributed by atoms with van der Waals surface area (Å²) >= 11 is 3.55. The standard InChI is InChI=1S/C22H26BrNO4/c1-3-27-19-11-10-16(14-20(19)28-4-2)21(15-7-5-8-17(23)13-15)24-12-6-9-18(24)22(25)26/h5,7-8,10-11,13-14,18,21H,3-4,6,9,12H2,1-2H3,(H,25,26). The maximum absolute atomic E-state index is 11.9. The van der Waals surface area contributed by atoms with E-state index in [4.69, 9.17) is 9.47 Å². The number of likely N-dealkylation sites (tertiary alicyclic amines) is 1. The van der Waals surface area contributed by atoms with Crippen molar-refractivity contribution in [1.82, 2.24) is 4.90 Å². The van der Waals surface area contributed by atoms with Crippen LogP contribution in [0.3, 0.4) is 0 Å². The lowest BCUT2D eigenvalue weighted by atomic mass is 9.96. The maximum Gasteiger partial charge on any atom is 0.320 e. The third-order valence-electron chi connectivity index (χ3n) is 4.96. The molecule has 1 saturated heterocycles. The quantitative estimate of drug-likeness (QED) is 0.624. The highest BCUT2D eigenvalue weighted by atomic mass is 79.9. The predicted octanol–water partition coefficient (Wildman–Crippen LogP) is 4.88. The molecule has 5 nitrogen and oxygen atoms in total. The predicted molar refractivity (Wildman–Crippen MR) is 112 cm³/mol. The van der Waals surface area contributed by atoms with Gasteiger partial charge in [0, 0.05) is 11.0 Å². The van der Waals surface area contributed by atoms with Crippen molar-refractivity contribution >= 4 is 21.9 Å². The van der Waals surface area contributed by atoms with Gasteiger partial charge in [0.15, 0.2) is 11.5 Å². The number of rotatable bonds is 8. The summed E-state index contributed by atoms with van der Waals surface area (Å²) < 4.78 is 12.5. The van der Waals surface area contributed by atoms with E-state index in [-0.39, 0.29) is 6.04 Å². The Morgan fingerprint density at radius 3 is 2.54 bits per heavy atom. The molecule has 3 rings (SSSR count). The molecule has 150 valence electrons. The highest BCUT2D eigenvalue weighted by molar-refractivity contribution is 9.10. The maximum atomic E-state index is 11.9. The lowest BCUT2D eigenvalue weighted by molar-refractivity contribution is -0.142. The summed E-state index contributed by atoms with van der Waals surface area (Å²) in [6.45, 7) is 5.71. The molecule has 1 fully saturated rings. The number of hydrogen-bond acceptors (Lipinski definition) is 4. The molecule has 6 heteroatoms. The first-order valence-corrected chi connectivity index (χ1v) is 10.5. The monoisotopic (exact) mass is 447 g/mol. The Morgan fingerprint density at radius 2 is 1.86 bits per heavy atom. The van der Waals surface area contributed by atoms with Crippen molar-refractivity contribution in [2.45, 2.75) is 38.8 Å². The fourth-order valence-electron chi connectivity index (χ4n) is 3.85. The minimum Gasteiger partial charge on any atom is -0.490 e. The zero-order chi connectivity index (χ0) is 20.1. The molecular weight excluding hydrogens is 422 g/mol. The molecule has 0 radical (unpaired) electrons. The number of nitrogens with zero attached hydrogens (tertiary/aromatic N) is 1. The van der Waals surface area contributed by atoms with E-state index in [1.807, 2.05) is 50.2 Å². The summed E-state index contributed by atoms with van der Waals surface area (Å²) in [7, 11) is 0. The van der Waals surface area contributed by atoms with E-state index >= 15 is 0 Å². The second-order valence-corrected chi connectivity index (χ2v) is 7.68. The molecule has 2 atom stereocenters. The fourth-order valence-corrected chi connectivity index (χ4v) is 4.27. The molecular formula is C22H26BrNO4. The first-order valence-electron chi connectivity index (χ1n) is 9.68. The van der Waals surface area contributed by atoms with Crippen molar-refractivity contribution < 1.29 is 19.4 Å². The number of aliphatic carboxylic acids is 1. The van der Waals surface area contributed by atoms with E-state index < -0.39 is 12.0 Å². The SMILES string of the molecule is CCOc1ccc(C(c2cccc(Br)c2)N2CCCC2C(=O)O)cc1OCC. The van der Waals surface area contributed by atoms with Crippen LogP contribution in [-0.4, -0.2) is 41.8 Å². The molecule has 0 aromatic heterocycles. The number of halogens is 1. The molecule has 0 aliphatic carbocycles. The van der Waals surface area contributed by atoms with Crippen molar-refractivity contribution in [2.75, 3.05) is 19.8 Å². The van der Waals surface area contributed by atoms with Gasteiger partial charge in [0.25, 0.3) is 0 Å². The number of ether oxygens (including phenoxy) is 2. The molecule has 2 aromatic rings.